The van der Waals surface area contributed by atoms with E-state index >= 15 is 0 Å². The summed E-state index contributed by atoms with van der Waals surface area (Å²) in [4.78, 5) is 0. The summed E-state index contributed by atoms with van der Waals surface area (Å²) in [5.41, 5.74) is 0. The normalized spacial score (nSPS) is 13.2. The minimum atomic E-state index is 0.891. The first-order chi connectivity index (χ1) is 8.22. The first-order valence-electron chi connectivity index (χ1n) is 8.22. The van der Waals surface area contributed by atoms with Crippen molar-refractivity contribution in [2.45, 2.75) is 98.3 Å². The molecule has 104 valence electrons. The number of hydrogen-bond donors (Lipinski definition) is 0. The van der Waals surface area contributed by atoms with Gasteiger partial charge in [-0.25, -0.2) is 0 Å². The Balaban J connectivity index is 3.53. The summed E-state index contributed by atoms with van der Waals surface area (Å²) in [6.07, 6.45) is 15.9. The van der Waals surface area contributed by atoms with Crippen LogP contribution < -0.4 is 0 Å². The van der Waals surface area contributed by atoms with Crippen LogP contribution in [0.2, 0.25) is 0 Å². The quantitative estimate of drug-likeness (QED) is 0.338. The van der Waals surface area contributed by atoms with Crippen molar-refractivity contribution in [3.63, 3.8) is 0 Å². The lowest BCUT2D eigenvalue weighted by atomic mass is 9.86. The van der Waals surface area contributed by atoms with E-state index in [2.05, 4.69) is 27.7 Å². The molecular formula is C17H36. The Bertz CT molecular complexity index is 137. The third-order valence-electron chi connectivity index (χ3n) is 4.05. The van der Waals surface area contributed by atoms with Crippen LogP contribution in [-0.4, -0.2) is 0 Å². The Morgan fingerprint density at radius 2 is 1.00 bits per heavy atom. The lowest BCUT2D eigenvalue weighted by Gasteiger charge is -2.20. The molecule has 0 aromatic rings. The third kappa shape index (κ3) is 10.9. The highest BCUT2D eigenvalue weighted by Gasteiger charge is 2.12. The van der Waals surface area contributed by atoms with E-state index in [1.807, 2.05) is 0 Å². The van der Waals surface area contributed by atoms with Crippen molar-refractivity contribution in [1.29, 1.82) is 0 Å². The van der Waals surface area contributed by atoms with Crippen LogP contribution in [0.3, 0.4) is 0 Å². The fourth-order valence-electron chi connectivity index (χ4n) is 2.65. The SMILES string of the molecule is CCCCCCCC(CCCCCC)C(C)C. The fourth-order valence-corrected chi connectivity index (χ4v) is 2.65. The topological polar surface area (TPSA) is 0 Å². The highest BCUT2D eigenvalue weighted by molar-refractivity contribution is 4.64. The molecule has 1 atom stereocenters. The molecule has 0 rings (SSSR count). The van der Waals surface area contributed by atoms with Gasteiger partial charge in [-0.05, 0) is 11.8 Å². The summed E-state index contributed by atoms with van der Waals surface area (Å²) < 4.78 is 0. The number of rotatable bonds is 12. The summed E-state index contributed by atoms with van der Waals surface area (Å²) in [5.74, 6) is 1.89. The Morgan fingerprint density at radius 3 is 1.41 bits per heavy atom. The third-order valence-corrected chi connectivity index (χ3v) is 4.05. The second kappa shape index (κ2) is 12.5. The van der Waals surface area contributed by atoms with Gasteiger partial charge in [-0.2, -0.15) is 0 Å². The van der Waals surface area contributed by atoms with Crippen molar-refractivity contribution in [3.8, 4) is 0 Å². The summed E-state index contributed by atoms with van der Waals surface area (Å²) in [6.45, 7) is 9.42. The largest absolute Gasteiger partial charge is 0.0654 e. The van der Waals surface area contributed by atoms with Gasteiger partial charge in [-0.3, -0.25) is 0 Å². The molecule has 1 unspecified atom stereocenters. The minimum absolute atomic E-state index is 0.891. The van der Waals surface area contributed by atoms with E-state index in [0.717, 1.165) is 11.8 Å². The first-order valence-corrected chi connectivity index (χ1v) is 8.22. The second-order valence-corrected chi connectivity index (χ2v) is 6.06. The van der Waals surface area contributed by atoms with E-state index in [9.17, 15) is 0 Å². The van der Waals surface area contributed by atoms with E-state index in [-0.39, 0.29) is 0 Å². The average Bonchev–Trinajstić information content (AvgIpc) is 2.31. The van der Waals surface area contributed by atoms with Crippen molar-refractivity contribution < 1.29 is 0 Å². The molecular weight excluding hydrogens is 204 g/mol. The van der Waals surface area contributed by atoms with Gasteiger partial charge in [-0.15, -0.1) is 0 Å². The van der Waals surface area contributed by atoms with Crippen LogP contribution in [0.15, 0.2) is 0 Å². The van der Waals surface area contributed by atoms with Gasteiger partial charge in [-0.1, -0.05) is 98.3 Å². The molecule has 0 aliphatic rings. The van der Waals surface area contributed by atoms with Crippen molar-refractivity contribution in [3.05, 3.63) is 0 Å². The van der Waals surface area contributed by atoms with Crippen molar-refractivity contribution in [2.24, 2.45) is 11.8 Å². The summed E-state index contributed by atoms with van der Waals surface area (Å²) >= 11 is 0. The highest BCUT2D eigenvalue weighted by Crippen LogP contribution is 2.25. The van der Waals surface area contributed by atoms with Crippen LogP contribution in [-0.2, 0) is 0 Å². The molecule has 0 aromatic heterocycles. The average molecular weight is 240 g/mol. The Labute approximate surface area is 111 Å². The highest BCUT2D eigenvalue weighted by atomic mass is 14.2. The number of unbranched alkanes of at least 4 members (excludes halogenated alkanes) is 7. The summed E-state index contributed by atoms with van der Waals surface area (Å²) in [5, 5.41) is 0. The standard InChI is InChI=1S/C17H36/c1-5-7-9-11-13-15-17(16(3)4)14-12-10-8-6-2/h16-17H,5-15H2,1-4H3. The maximum absolute atomic E-state index is 2.41. The van der Waals surface area contributed by atoms with Gasteiger partial charge >= 0.3 is 0 Å². The van der Waals surface area contributed by atoms with Gasteiger partial charge in [0.15, 0.2) is 0 Å². The van der Waals surface area contributed by atoms with Crippen LogP contribution in [0.4, 0.5) is 0 Å². The predicted molar refractivity (Wildman–Crippen MR) is 80.5 cm³/mol. The molecule has 0 heterocycles. The molecule has 0 radical (unpaired) electrons. The zero-order valence-corrected chi connectivity index (χ0v) is 12.9. The van der Waals surface area contributed by atoms with E-state index < -0.39 is 0 Å². The van der Waals surface area contributed by atoms with Crippen molar-refractivity contribution in [2.75, 3.05) is 0 Å². The monoisotopic (exact) mass is 240 g/mol. The molecule has 0 bridgehead atoms. The molecule has 0 fully saturated rings. The van der Waals surface area contributed by atoms with Crippen LogP contribution in [0.5, 0.6) is 0 Å². The van der Waals surface area contributed by atoms with Crippen LogP contribution in [0.25, 0.3) is 0 Å². The molecule has 0 spiro atoms. The molecule has 0 saturated heterocycles. The van der Waals surface area contributed by atoms with Crippen LogP contribution >= 0.6 is 0 Å². The van der Waals surface area contributed by atoms with Gasteiger partial charge in [0.05, 0.1) is 0 Å². The van der Waals surface area contributed by atoms with Gasteiger partial charge in [0.2, 0.25) is 0 Å². The van der Waals surface area contributed by atoms with E-state index in [1.54, 1.807) is 0 Å². The molecule has 0 heteroatoms. The van der Waals surface area contributed by atoms with Crippen molar-refractivity contribution in [1.82, 2.24) is 0 Å². The van der Waals surface area contributed by atoms with Gasteiger partial charge in [0.1, 0.15) is 0 Å². The summed E-state index contributed by atoms with van der Waals surface area (Å²) in [6, 6.07) is 0. The molecule has 0 aliphatic heterocycles. The van der Waals surface area contributed by atoms with E-state index in [1.165, 1.54) is 70.6 Å². The molecule has 0 saturated carbocycles. The Hall–Kier alpha value is 0. The van der Waals surface area contributed by atoms with Gasteiger partial charge in [0.25, 0.3) is 0 Å². The fraction of sp³-hybridized carbons (Fsp3) is 1.00. The smallest absolute Gasteiger partial charge is 0.0391 e. The summed E-state index contributed by atoms with van der Waals surface area (Å²) in [7, 11) is 0. The van der Waals surface area contributed by atoms with E-state index in [0.29, 0.717) is 0 Å². The number of hydrogen-bond acceptors (Lipinski definition) is 0. The van der Waals surface area contributed by atoms with Crippen molar-refractivity contribution >= 4 is 0 Å². The molecule has 0 N–H and O–H groups in total. The van der Waals surface area contributed by atoms with Gasteiger partial charge < -0.3 is 0 Å². The molecule has 0 aromatic carbocycles. The van der Waals surface area contributed by atoms with Crippen LogP contribution in [0.1, 0.15) is 98.3 Å². The van der Waals surface area contributed by atoms with Crippen LogP contribution in [0, 0.1) is 11.8 Å². The maximum Gasteiger partial charge on any atom is -0.0391 e. The Morgan fingerprint density at radius 1 is 0.588 bits per heavy atom. The van der Waals surface area contributed by atoms with Gasteiger partial charge in [0, 0.05) is 0 Å². The lowest BCUT2D eigenvalue weighted by molar-refractivity contribution is 0.313. The minimum Gasteiger partial charge on any atom is -0.0654 e. The molecule has 0 amide bonds. The Kier molecular flexibility index (Phi) is 12.5. The molecule has 17 heavy (non-hydrogen) atoms. The maximum atomic E-state index is 2.41. The zero-order valence-electron chi connectivity index (χ0n) is 12.9. The van der Waals surface area contributed by atoms with E-state index in [4.69, 9.17) is 0 Å². The lowest BCUT2D eigenvalue weighted by Crippen LogP contribution is -2.08. The molecule has 0 nitrogen and oxygen atoms in total. The molecule has 0 aliphatic carbocycles. The second-order valence-electron chi connectivity index (χ2n) is 6.06. The predicted octanol–water partition coefficient (Wildman–Crippen LogP) is 6.59. The zero-order chi connectivity index (χ0) is 12.9. The first kappa shape index (κ1) is 17.0.